The van der Waals surface area contributed by atoms with Crippen molar-refractivity contribution in [2.24, 2.45) is 5.92 Å². The van der Waals surface area contributed by atoms with Crippen molar-refractivity contribution in [2.75, 3.05) is 19.6 Å². The van der Waals surface area contributed by atoms with Crippen molar-refractivity contribution in [3.8, 4) is 0 Å². The molecular formula is C21H27ClN2O4. The van der Waals surface area contributed by atoms with Gasteiger partial charge < -0.3 is 9.64 Å². The van der Waals surface area contributed by atoms with Crippen LogP contribution in [0.1, 0.15) is 60.7 Å². The monoisotopic (exact) mass is 406 g/mol. The predicted octanol–water partition coefficient (Wildman–Crippen LogP) is 3.93. The molecule has 1 fully saturated rings. The SMILES string of the molecule is CC(C)(C)OC(=O)N1CCCC(C(Cl)CN2C(=O)c3ccccc3C2=O)CC1. The lowest BCUT2D eigenvalue weighted by atomic mass is 9.96. The van der Waals surface area contributed by atoms with Gasteiger partial charge in [0.15, 0.2) is 0 Å². The first-order valence-corrected chi connectivity index (χ1v) is 10.2. The Labute approximate surface area is 170 Å². The average Bonchev–Trinajstić information content (AvgIpc) is 2.82. The highest BCUT2D eigenvalue weighted by atomic mass is 35.5. The Kier molecular flexibility index (Phi) is 5.98. The second kappa shape index (κ2) is 8.11. The van der Waals surface area contributed by atoms with Crippen LogP contribution in [-0.4, -0.2) is 58.3 Å². The third-order valence-electron chi connectivity index (χ3n) is 5.17. The number of hydrogen-bond donors (Lipinski definition) is 0. The minimum Gasteiger partial charge on any atom is -0.444 e. The van der Waals surface area contributed by atoms with Gasteiger partial charge in [-0.25, -0.2) is 4.79 Å². The Morgan fingerprint density at radius 3 is 2.32 bits per heavy atom. The van der Waals surface area contributed by atoms with E-state index >= 15 is 0 Å². The summed E-state index contributed by atoms with van der Waals surface area (Å²) < 4.78 is 5.46. The molecule has 0 N–H and O–H groups in total. The number of benzene rings is 1. The van der Waals surface area contributed by atoms with E-state index in [0.29, 0.717) is 24.2 Å². The van der Waals surface area contributed by atoms with Gasteiger partial charge in [0.2, 0.25) is 0 Å². The fraction of sp³-hybridized carbons (Fsp3) is 0.571. The molecule has 0 saturated carbocycles. The Morgan fingerprint density at radius 1 is 1.14 bits per heavy atom. The molecule has 1 saturated heterocycles. The van der Waals surface area contributed by atoms with Gasteiger partial charge in [-0.05, 0) is 58.1 Å². The zero-order valence-electron chi connectivity index (χ0n) is 16.6. The number of carbonyl (C=O) groups excluding carboxylic acids is 3. The Morgan fingerprint density at radius 2 is 1.75 bits per heavy atom. The van der Waals surface area contributed by atoms with E-state index in [4.69, 9.17) is 16.3 Å². The molecule has 2 unspecified atom stereocenters. The van der Waals surface area contributed by atoms with Crippen molar-refractivity contribution in [2.45, 2.75) is 51.0 Å². The maximum atomic E-state index is 12.5. The number of likely N-dealkylation sites (tertiary alicyclic amines) is 1. The van der Waals surface area contributed by atoms with Gasteiger partial charge in [0, 0.05) is 19.6 Å². The fourth-order valence-electron chi connectivity index (χ4n) is 3.72. The van der Waals surface area contributed by atoms with E-state index in [-0.39, 0.29) is 35.7 Å². The summed E-state index contributed by atoms with van der Waals surface area (Å²) in [6.45, 7) is 6.92. The molecule has 0 spiro atoms. The normalized spacial score (nSPS) is 21.4. The van der Waals surface area contributed by atoms with Crippen molar-refractivity contribution in [3.05, 3.63) is 35.4 Å². The van der Waals surface area contributed by atoms with Gasteiger partial charge in [0.1, 0.15) is 5.60 Å². The number of amides is 3. The first-order chi connectivity index (χ1) is 13.2. The minimum absolute atomic E-state index is 0.124. The van der Waals surface area contributed by atoms with Crippen LogP contribution in [-0.2, 0) is 4.74 Å². The van der Waals surface area contributed by atoms with E-state index in [1.54, 1.807) is 29.2 Å². The van der Waals surface area contributed by atoms with Gasteiger partial charge in [-0.2, -0.15) is 0 Å². The van der Waals surface area contributed by atoms with Gasteiger partial charge in [0.25, 0.3) is 11.8 Å². The fourth-order valence-corrected chi connectivity index (χ4v) is 4.11. The van der Waals surface area contributed by atoms with Crippen LogP contribution >= 0.6 is 11.6 Å². The smallest absolute Gasteiger partial charge is 0.410 e. The Balaban J connectivity index is 1.59. The largest absolute Gasteiger partial charge is 0.444 e. The summed E-state index contributed by atoms with van der Waals surface area (Å²) in [7, 11) is 0. The first kappa shape index (κ1) is 20.6. The highest BCUT2D eigenvalue weighted by Gasteiger charge is 2.38. The summed E-state index contributed by atoms with van der Waals surface area (Å²) in [5.41, 5.74) is 0.352. The average molecular weight is 407 g/mol. The van der Waals surface area contributed by atoms with E-state index in [9.17, 15) is 14.4 Å². The summed E-state index contributed by atoms with van der Waals surface area (Å²) in [6.07, 6.45) is 2.07. The zero-order chi connectivity index (χ0) is 20.5. The van der Waals surface area contributed by atoms with Crippen LogP contribution < -0.4 is 0 Å². The van der Waals surface area contributed by atoms with Crippen LogP contribution in [0, 0.1) is 5.92 Å². The van der Waals surface area contributed by atoms with E-state index in [0.717, 1.165) is 19.3 Å². The van der Waals surface area contributed by atoms with Gasteiger partial charge in [-0.3, -0.25) is 14.5 Å². The molecule has 0 radical (unpaired) electrons. The zero-order valence-corrected chi connectivity index (χ0v) is 17.4. The highest BCUT2D eigenvalue weighted by molar-refractivity contribution is 6.24. The van der Waals surface area contributed by atoms with Gasteiger partial charge in [-0.1, -0.05) is 12.1 Å². The Bertz CT molecular complexity index is 739. The van der Waals surface area contributed by atoms with Crippen LogP contribution in [0.15, 0.2) is 24.3 Å². The third-order valence-corrected chi connectivity index (χ3v) is 5.67. The van der Waals surface area contributed by atoms with Crippen molar-refractivity contribution < 1.29 is 19.1 Å². The summed E-state index contributed by atoms with van der Waals surface area (Å²) in [6, 6.07) is 6.84. The maximum Gasteiger partial charge on any atom is 0.410 e. The van der Waals surface area contributed by atoms with Gasteiger partial charge in [0.05, 0.1) is 16.5 Å². The van der Waals surface area contributed by atoms with Crippen LogP contribution in [0.2, 0.25) is 0 Å². The van der Waals surface area contributed by atoms with Crippen LogP contribution in [0.25, 0.3) is 0 Å². The summed E-state index contributed by atoms with van der Waals surface area (Å²) in [5, 5.41) is -0.346. The van der Waals surface area contributed by atoms with E-state index in [1.807, 2.05) is 20.8 Å². The first-order valence-electron chi connectivity index (χ1n) is 9.74. The van der Waals surface area contributed by atoms with Crippen LogP contribution in [0.4, 0.5) is 4.79 Å². The summed E-state index contributed by atoms with van der Waals surface area (Å²) in [5.74, 6) is -0.441. The lowest BCUT2D eigenvalue weighted by Crippen LogP contribution is -2.39. The highest BCUT2D eigenvalue weighted by Crippen LogP contribution is 2.29. The predicted molar refractivity (Wildman–Crippen MR) is 107 cm³/mol. The second-order valence-corrected chi connectivity index (χ2v) is 9.00. The van der Waals surface area contributed by atoms with Gasteiger partial charge >= 0.3 is 6.09 Å². The molecular weight excluding hydrogens is 380 g/mol. The lowest BCUT2D eigenvalue weighted by Gasteiger charge is -2.27. The van der Waals surface area contributed by atoms with Crippen molar-refractivity contribution in [1.82, 2.24) is 9.80 Å². The van der Waals surface area contributed by atoms with E-state index in [1.165, 1.54) is 4.90 Å². The van der Waals surface area contributed by atoms with E-state index in [2.05, 4.69) is 0 Å². The number of rotatable bonds is 3. The molecule has 6 nitrogen and oxygen atoms in total. The number of carbonyl (C=O) groups is 3. The van der Waals surface area contributed by atoms with Crippen LogP contribution in [0.5, 0.6) is 0 Å². The molecule has 0 aromatic heterocycles. The molecule has 0 bridgehead atoms. The Hall–Kier alpha value is -2.08. The maximum absolute atomic E-state index is 12.5. The van der Waals surface area contributed by atoms with Gasteiger partial charge in [-0.15, -0.1) is 11.6 Å². The molecule has 3 rings (SSSR count). The summed E-state index contributed by atoms with van der Waals surface area (Å²) >= 11 is 6.64. The third kappa shape index (κ3) is 4.49. The molecule has 2 aliphatic heterocycles. The number of imide groups is 1. The number of nitrogens with zero attached hydrogens (tertiary/aromatic N) is 2. The van der Waals surface area contributed by atoms with Crippen molar-refractivity contribution in [3.63, 3.8) is 0 Å². The molecule has 28 heavy (non-hydrogen) atoms. The minimum atomic E-state index is -0.525. The molecule has 7 heteroatoms. The number of ether oxygens (including phenoxy) is 1. The molecule has 2 heterocycles. The summed E-state index contributed by atoms with van der Waals surface area (Å²) in [4.78, 5) is 40.4. The van der Waals surface area contributed by atoms with Crippen molar-refractivity contribution in [1.29, 1.82) is 0 Å². The number of alkyl halides is 1. The molecule has 3 amide bonds. The molecule has 0 aliphatic carbocycles. The molecule has 1 aromatic carbocycles. The standard InChI is InChI=1S/C21H27ClN2O4/c1-21(2,3)28-20(27)23-11-6-7-14(10-12-23)17(22)13-24-18(25)15-8-4-5-9-16(15)19(24)26/h4-5,8-9,14,17H,6-7,10-13H2,1-3H3. The molecule has 2 atom stereocenters. The number of hydrogen-bond acceptors (Lipinski definition) is 4. The molecule has 2 aliphatic rings. The van der Waals surface area contributed by atoms with E-state index < -0.39 is 5.60 Å². The quantitative estimate of drug-likeness (QED) is 0.563. The molecule has 152 valence electrons. The topological polar surface area (TPSA) is 66.9 Å². The lowest BCUT2D eigenvalue weighted by molar-refractivity contribution is 0.0255. The van der Waals surface area contributed by atoms with Crippen molar-refractivity contribution >= 4 is 29.5 Å². The molecule has 1 aromatic rings. The second-order valence-electron chi connectivity index (χ2n) is 8.44. The number of halogens is 1. The van der Waals surface area contributed by atoms with Crippen LogP contribution in [0.3, 0.4) is 0 Å². The number of fused-ring (bicyclic) bond motifs is 1.